The van der Waals surface area contributed by atoms with Gasteiger partial charge in [-0.1, -0.05) is 0 Å². The second-order valence-corrected chi connectivity index (χ2v) is 18.3. The van der Waals surface area contributed by atoms with E-state index in [1.54, 1.807) is 25.5 Å². The molecule has 3 heteroatoms. The van der Waals surface area contributed by atoms with Gasteiger partial charge in [0.15, 0.2) is 0 Å². The molecule has 2 aliphatic rings. The van der Waals surface area contributed by atoms with Crippen LogP contribution in [0.25, 0.3) is 17.2 Å². The first-order valence-electron chi connectivity index (χ1n) is 15.5. The van der Waals surface area contributed by atoms with Crippen molar-refractivity contribution in [1.29, 1.82) is 0 Å². The summed E-state index contributed by atoms with van der Waals surface area (Å²) in [6, 6.07) is 44.4. The minimum absolute atomic E-state index is 0. The molecule has 2 aliphatic carbocycles. The quantitative estimate of drug-likeness (QED) is 0.250. The summed E-state index contributed by atoms with van der Waals surface area (Å²) in [4.78, 5) is 0. The molecule has 1 atom stereocenters. The Morgan fingerprint density at radius 2 is 1.11 bits per heavy atom. The number of benzene rings is 5. The monoisotopic (exact) mass is 690 g/mol. The van der Waals surface area contributed by atoms with Crippen LogP contribution in [0.4, 0.5) is 0 Å². The molecule has 0 saturated heterocycles. The maximum Gasteiger partial charge on any atom is -1.00 e. The van der Waals surface area contributed by atoms with Crippen LogP contribution in [-0.4, -0.2) is 3.21 Å². The molecule has 7 rings (SSSR count). The standard InChI is InChI=1S/C17H17.C13H10.C11H11.2ClH.Zr/c1-3-12-5-7-16-14(9-12)11-15-10-13(4-2)6-8-17(15)16;1-3-7-12(8-4-1)11-13-9-5-2-6-10-13;1-8-6-10-5-3-4-9(2)11(10)7-8;;;/h5-11H,3-4H2,1-2H3;1-10H;3-7H,1-2H3;2*1H;/q;;;;;+2/p-2. The first-order chi connectivity index (χ1) is 20.6. The molecule has 0 aromatic heterocycles. The third-order valence-corrected chi connectivity index (χ3v) is 18.7. The molecular weight excluding hydrogens is 655 g/mol. The summed E-state index contributed by atoms with van der Waals surface area (Å²) in [5.74, 6) is 0. The molecule has 0 N–H and O–H groups in total. The van der Waals surface area contributed by atoms with Gasteiger partial charge in [0.1, 0.15) is 0 Å². The second-order valence-electron chi connectivity index (χ2n) is 11.9. The van der Waals surface area contributed by atoms with E-state index in [9.17, 15) is 0 Å². The predicted octanol–water partition coefficient (Wildman–Crippen LogP) is 4.24. The summed E-state index contributed by atoms with van der Waals surface area (Å²) in [6.45, 7) is 9.34. The van der Waals surface area contributed by atoms with Crippen molar-refractivity contribution < 1.29 is 46.1 Å². The van der Waals surface area contributed by atoms with Gasteiger partial charge in [0, 0.05) is 0 Å². The zero-order valence-electron chi connectivity index (χ0n) is 25.9. The molecule has 0 spiro atoms. The summed E-state index contributed by atoms with van der Waals surface area (Å²) in [5.41, 5.74) is 17.8. The van der Waals surface area contributed by atoms with Gasteiger partial charge in [0.25, 0.3) is 0 Å². The van der Waals surface area contributed by atoms with Crippen molar-refractivity contribution in [3.63, 3.8) is 0 Å². The van der Waals surface area contributed by atoms with Gasteiger partial charge >= 0.3 is 260 Å². The van der Waals surface area contributed by atoms with Gasteiger partial charge in [0.2, 0.25) is 0 Å². The van der Waals surface area contributed by atoms with E-state index in [-0.39, 0.29) is 24.8 Å². The molecule has 5 aromatic rings. The summed E-state index contributed by atoms with van der Waals surface area (Å²) in [5, 5.41) is 0. The minimum atomic E-state index is -2.81. The fourth-order valence-corrected chi connectivity index (χ4v) is 18.1. The molecule has 0 radical (unpaired) electrons. The number of hydrogen-bond acceptors (Lipinski definition) is 0. The van der Waals surface area contributed by atoms with Crippen molar-refractivity contribution in [2.45, 2.75) is 47.8 Å². The molecule has 0 nitrogen and oxygen atoms in total. The Kier molecular flexibility index (Phi) is 10.1. The largest absolute Gasteiger partial charge is 1.00 e. The summed E-state index contributed by atoms with van der Waals surface area (Å²) in [7, 11) is 0. The predicted molar refractivity (Wildman–Crippen MR) is 176 cm³/mol. The number of fused-ring (bicyclic) bond motifs is 4. The molecule has 0 heterocycles. The van der Waals surface area contributed by atoms with Crippen LogP contribution in [0.1, 0.15) is 78.1 Å². The first-order valence-corrected chi connectivity index (χ1v) is 19.5. The molecule has 0 aliphatic heterocycles. The van der Waals surface area contributed by atoms with Gasteiger partial charge in [-0.15, -0.1) is 0 Å². The van der Waals surface area contributed by atoms with Crippen molar-refractivity contribution in [2.24, 2.45) is 0 Å². The van der Waals surface area contributed by atoms with Crippen LogP contribution in [0.2, 0.25) is 0 Å². The molecule has 5 aromatic carbocycles. The van der Waals surface area contributed by atoms with Gasteiger partial charge in [-0.3, -0.25) is 0 Å². The molecular formula is C41H38Cl2Zr. The van der Waals surface area contributed by atoms with E-state index in [1.165, 1.54) is 44.5 Å². The van der Waals surface area contributed by atoms with Crippen molar-refractivity contribution in [3.8, 4) is 11.1 Å². The topological polar surface area (TPSA) is 0 Å². The van der Waals surface area contributed by atoms with Crippen LogP contribution in [-0.2, 0) is 34.1 Å². The number of halogens is 2. The van der Waals surface area contributed by atoms with Crippen LogP contribution in [0.3, 0.4) is 0 Å². The molecule has 0 bridgehead atoms. The zero-order chi connectivity index (χ0) is 28.8. The number of hydrogen-bond donors (Lipinski definition) is 0. The van der Waals surface area contributed by atoms with E-state index in [0.717, 1.165) is 12.8 Å². The first kappa shape index (κ1) is 32.6. The van der Waals surface area contributed by atoms with Gasteiger partial charge in [-0.2, -0.15) is 0 Å². The summed E-state index contributed by atoms with van der Waals surface area (Å²) < 4.78 is 2.54. The van der Waals surface area contributed by atoms with Gasteiger partial charge in [-0.25, -0.2) is 0 Å². The van der Waals surface area contributed by atoms with Crippen LogP contribution in [0.5, 0.6) is 0 Å². The summed E-state index contributed by atoms with van der Waals surface area (Å²) in [6.07, 6.45) is 4.63. The van der Waals surface area contributed by atoms with E-state index in [4.69, 9.17) is 0 Å². The third kappa shape index (κ3) is 5.58. The average molecular weight is 693 g/mol. The Morgan fingerprint density at radius 1 is 0.591 bits per heavy atom. The van der Waals surface area contributed by atoms with Crippen LogP contribution in [0.15, 0.2) is 121 Å². The fraction of sp³-hybridized carbons (Fsp3) is 0.195. The Morgan fingerprint density at radius 3 is 1.61 bits per heavy atom. The van der Waals surface area contributed by atoms with E-state index in [0.29, 0.717) is 7.25 Å². The van der Waals surface area contributed by atoms with E-state index in [1.807, 2.05) is 0 Å². The van der Waals surface area contributed by atoms with E-state index in [2.05, 4.69) is 149 Å². The Labute approximate surface area is 283 Å². The van der Waals surface area contributed by atoms with Gasteiger partial charge < -0.3 is 24.8 Å². The average Bonchev–Trinajstić information content (AvgIpc) is 3.54. The second kappa shape index (κ2) is 13.7. The Bertz CT molecular complexity index is 1770. The maximum absolute atomic E-state index is 2.81. The maximum atomic E-state index is 2.58. The van der Waals surface area contributed by atoms with Gasteiger partial charge in [0.05, 0.1) is 0 Å². The fourth-order valence-electron chi connectivity index (χ4n) is 7.48. The number of allylic oxidation sites excluding steroid dienone is 1. The van der Waals surface area contributed by atoms with E-state index < -0.39 is 21.3 Å². The van der Waals surface area contributed by atoms with Crippen molar-refractivity contribution in [1.82, 2.24) is 0 Å². The number of aryl methyl sites for hydroxylation is 3. The van der Waals surface area contributed by atoms with Crippen molar-refractivity contribution in [2.75, 3.05) is 0 Å². The Hall–Kier alpha value is -2.83. The van der Waals surface area contributed by atoms with Crippen molar-refractivity contribution in [3.05, 3.63) is 171 Å². The van der Waals surface area contributed by atoms with Gasteiger partial charge in [-0.05, 0) is 0 Å². The van der Waals surface area contributed by atoms with Crippen LogP contribution < -0.4 is 24.8 Å². The smallest absolute Gasteiger partial charge is 1.00 e. The Balaban J connectivity index is 0.00000192. The molecule has 1 unspecified atom stereocenters. The van der Waals surface area contributed by atoms with Crippen molar-refractivity contribution >= 4 is 9.28 Å². The molecule has 0 fully saturated rings. The number of rotatable bonds is 6. The van der Waals surface area contributed by atoms with Crippen LogP contribution in [0, 0.1) is 6.92 Å². The molecule has 220 valence electrons. The van der Waals surface area contributed by atoms with E-state index >= 15 is 0 Å². The normalized spacial score (nSPS) is 14.2. The SMILES string of the molecule is CCc1ccc2c(c1)[CH]([Zr+2](=[C](c1ccccc1)c1ccccc1)[CH]1C(C)=Cc3cccc(C)c31)c1cc(CC)ccc1-2.[Cl-].[Cl-]. The molecule has 44 heavy (non-hydrogen) atoms. The third-order valence-electron chi connectivity index (χ3n) is 9.48. The molecule has 0 saturated carbocycles. The molecule has 0 amide bonds. The summed E-state index contributed by atoms with van der Waals surface area (Å²) >= 11 is -2.81. The minimum Gasteiger partial charge on any atom is -1.00 e. The zero-order valence-corrected chi connectivity index (χ0v) is 29.8. The van der Waals surface area contributed by atoms with Crippen LogP contribution >= 0.6 is 0 Å².